The molecule has 0 heterocycles. The van der Waals surface area contributed by atoms with E-state index < -0.39 is 5.97 Å². The van der Waals surface area contributed by atoms with E-state index in [0.717, 1.165) is 12.8 Å². The minimum Gasteiger partial charge on any atom is -0.481 e. The maximum absolute atomic E-state index is 12.0. The van der Waals surface area contributed by atoms with Crippen LogP contribution in [-0.2, 0) is 9.59 Å². The third-order valence-electron chi connectivity index (χ3n) is 4.74. The number of carboxylic acid groups (broad SMARTS) is 1. The summed E-state index contributed by atoms with van der Waals surface area (Å²) in [7, 11) is 0. The predicted molar refractivity (Wildman–Crippen MR) is 78.8 cm³/mol. The monoisotopic (exact) mass is 287 g/mol. The molecular weight excluding hydrogens is 266 g/mol. The van der Waals surface area contributed by atoms with Crippen LogP contribution in [0.4, 0.5) is 0 Å². The van der Waals surface area contributed by atoms with Crippen LogP contribution in [0.5, 0.6) is 0 Å². The molecule has 1 aromatic rings. The zero-order valence-electron chi connectivity index (χ0n) is 12.0. The zero-order valence-corrected chi connectivity index (χ0v) is 12.0. The van der Waals surface area contributed by atoms with Crippen LogP contribution >= 0.6 is 0 Å². The number of carboxylic acids is 1. The summed E-state index contributed by atoms with van der Waals surface area (Å²) >= 11 is 0. The SMILES string of the molecule is O=C(C[C@@H]1C[C@H]1c1ccccc1)N[C@H]1CC[C@@H](C(=O)O)C1. The van der Waals surface area contributed by atoms with Gasteiger partial charge in [-0.25, -0.2) is 0 Å². The Bertz CT molecular complexity index is 528. The van der Waals surface area contributed by atoms with Gasteiger partial charge in [0.1, 0.15) is 0 Å². The highest BCUT2D eigenvalue weighted by Gasteiger charge is 2.40. The molecule has 2 saturated carbocycles. The molecule has 0 radical (unpaired) electrons. The largest absolute Gasteiger partial charge is 0.481 e. The van der Waals surface area contributed by atoms with E-state index in [1.807, 2.05) is 18.2 Å². The summed E-state index contributed by atoms with van der Waals surface area (Å²) in [6.07, 6.45) is 3.69. The Kier molecular flexibility index (Phi) is 3.95. The third-order valence-corrected chi connectivity index (χ3v) is 4.74. The van der Waals surface area contributed by atoms with Crippen LogP contribution in [0, 0.1) is 11.8 Å². The molecule has 4 atom stereocenters. The van der Waals surface area contributed by atoms with Crippen molar-refractivity contribution < 1.29 is 14.7 Å². The van der Waals surface area contributed by atoms with Crippen LogP contribution in [0.2, 0.25) is 0 Å². The van der Waals surface area contributed by atoms with Crippen molar-refractivity contribution in [1.29, 1.82) is 0 Å². The Morgan fingerprint density at radius 3 is 2.57 bits per heavy atom. The van der Waals surface area contributed by atoms with Crippen molar-refractivity contribution in [3.8, 4) is 0 Å². The number of amides is 1. The Morgan fingerprint density at radius 1 is 1.14 bits per heavy atom. The van der Waals surface area contributed by atoms with Crippen LogP contribution < -0.4 is 5.32 Å². The van der Waals surface area contributed by atoms with E-state index in [4.69, 9.17) is 5.11 Å². The normalized spacial score (nSPS) is 30.9. The number of carbonyl (C=O) groups is 2. The van der Waals surface area contributed by atoms with Gasteiger partial charge in [-0.05, 0) is 43.1 Å². The van der Waals surface area contributed by atoms with E-state index in [0.29, 0.717) is 31.1 Å². The molecule has 2 N–H and O–H groups in total. The van der Waals surface area contributed by atoms with Gasteiger partial charge in [-0.2, -0.15) is 0 Å². The van der Waals surface area contributed by atoms with Crippen LogP contribution in [0.15, 0.2) is 30.3 Å². The van der Waals surface area contributed by atoms with Gasteiger partial charge in [0.2, 0.25) is 5.91 Å². The maximum atomic E-state index is 12.0. The summed E-state index contributed by atoms with van der Waals surface area (Å²) in [5, 5.41) is 12.0. The first-order valence-electron chi connectivity index (χ1n) is 7.70. The number of benzene rings is 1. The molecule has 2 aliphatic carbocycles. The predicted octanol–water partition coefficient (Wildman–Crippen LogP) is 2.55. The molecular formula is C17H21NO3. The lowest BCUT2D eigenvalue weighted by molar-refractivity contribution is -0.141. The van der Waals surface area contributed by atoms with Crippen LogP contribution in [0.25, 0.3) is 0 Å². The van der Waals surface area contributed by atoms with Crippen LogP contribution in [-0.4, -0.2) is 23.0 Å². The second-order valence-corrected chi connectivity index (χ2v) is 6.33. The van der Waals surface area contributed by atoms with Crippen molar-refractivity contribution >= 4 is 11.9 Å². The van der Waals surface area contributed by atoms with E-state index in [1.54, 1.807) is 0 Å². The summed E-state index contributed by atoms with van der Waals surface area (Å²) < 4.78 is 0. The van der Waals surface area contributed by atoms with Gasteiger partial charge >= 0.3 is 5.97 Å². The molecule has 2 fully saturated rings. The number of hydrogen-bond donors (Lipinski definition) is 2. The lowest BCUT2D eigenvalue weighted by Gasteiger charge is -2.12. The van der Waals surface area contributed by atoms with Gasteiger partial charge in [0.05, 0.1) is 5.92 Å². The fourth-order valence-corrected chi connectivity index (χ4v) is 3.44. The Hall–Kier alpha value is -1.84. The van der Waals surface area contributed by atoms with Gasteiger partial charge in [0.25, 0.3) is 0 Å². The molecule has 0 spiro atoms. The molecule has 21 heavy (non-hydrogen) atoms. The number of rotatable bonds is 5. The molecule has 2 aliphatic rings. The molecule has 4 nitrogen and oxygen atoms in total. The molecule has 0 bridgehead atoms. The molecule has 1 amide bonds. The second kappa shape index (κ2) is 5.88. The Labute approximate surface area is 124 Å². The highest BCUT2D eigenvalue weighted by molar-refractivity contribution is 5.77. The highest BCUT2D eigenvalue weighted by Crippen LogP contribution is 2.49. The van der Waals surface area contributed by atoms with Gasteiger partial charge in [0, 0.05) is 12.5 Å². The zero-order chi connectivity index (χ0) is 14.8. The maximum Gasteiger partial charge on any atom is 0.306 e. The van der Waals surface area contributed by atoms with Gasteiger partial charge in [-0.1, -0.05) is 30.3 Å². The lowest BCUT2D eigenvalue weighted by atomic mass is 10.1. The number of hydrogen-bond acceptors (Lipinski definition) is 2. The lowest BCUT2D eigenvalue weighted by Crippen LogP contribution is -2.33. The standard InChI is InChI=1S/C17H21NO3/c19-16(18-14-7-6-12(8-14)17(20)21)10-13-9-15(13)11-4-2-1-3-5-11/h1-5,12-15H,6-10H2,(H,18,19)(H,20,21)/t12-,13+,14+,15+/m1/s1. The van der Waals surface area contributed by atoms with E-state index >= 15 is 0 Å². The first kappa shape index (κ1) is 14.1. The molecule has 4 heteroatoms. The van der Waals surface area contributed by atoms with Crippen molar-refractivity contribution in [2.24, 2.45) is 11.8 Å². The van der Waals surface area contributed by atoms with Gasteiger partial charge in [-0.3, -0.25) is 9.59 Å². The van der Waals surface area contributed by atoms with Crippen molar-refractivity contribution in [2.75, 3.05) is 0 Å². The van der Waals surface area contributed by atoms with Gasteiger partial charge in [0.15, 0.2) is 0 Å². The Balaban J connectivity index is 1.43. The minimum absolute atomic E-state index is 0.0486. The molecule has 1 aromatic carbocycles. The molecule has 3 rings (SSSR count). The van der Waals surface area contributed by atoms with Gasteiger partial charge in [-0.15, -0.1) is 0 Å². The number of aliphatic carboxylic acids is 1. The molecule has 0 aromatic heterocycles. The van der Waals surface area contributed by atoms with E-state index in [-0.39, 0.29) is 17.9 Å². The summed E-state index contributed by atoms with van der Waals surface area (Å²) in [5.41, 5.74) is 1.32. The fourth-order valence-electron chi connectivity index (χ4n) is 3.44. The van der Waals surface area contributed by atoms with Crippen molar-refractivity contribution in [3.63, 3.8) is 0 Å². The van der Waals surface area contributed by atoms with Crippen molar-refractivity contribution in [1.82, 2.24) is 5.32 Å². The molecule has 0 saturated heterocycles. The third kappa shape index (κ3) is 3.43. The molecule has 112 valence electrons. The van der Waals surface area contributed by atoms with Crippen LogP contribution in [0.1, 0.15) is 43.6 Å². The van der Waals surface area contributed by atoms with E-state index in [1.165, 1.54) is 5.56 Å². The topological polar surface area (TPSA) is 66.4 Å². The Morgan fingerprint density at radius 2 is 1.90 bits per heavy atom. The summed E-state index contributed by atoms with van der Waals surface area (Å²) in [6, 6.07) is 10.4. The summed E-state index contributed by atoms with van der Waals surface area (Å²) in [4.78, 5) is 23.0. The van der Waals surface area contributed by atoms with E-state index in [9.17, 15) is 9.59 Å². The van der Waals surface area contributed by atoms with Gasteiger partial charge < -0.3 is 10.4 Å². The number of carbonyl (C=O) groups excluding carboxylic acids is 1. The molecule has 0 aliphatic heterocycles. The fraction of sp³-hybridized carbons (Fsp3) is 0.529. The first-order chi connectivity index (χ1) is 10.1. The average Bonchev–Trinajstić information content (AvgIpc) is 3.06. The average molecular weight is 287 g/mol. The molecule has 0 unspecified atom stereocenters. The smallest absolute Gasteiger partial charge is 0.306 e. The number of nitrogens with one attached hydrogen (secondary N) is 1. The minimum atomic E-state index is -0.738. The van der Waals surface area contributed by atoms with Crippen molar-refractivity contribution in [2.45, 2.75) is 44.1 Å². The summed E-state index contributed by atoms with van der Waals surface area (Å²) in [5.74, 6) is 0.0252. The highest BCUT2D eigenvalue weighted by atomic mass is 16.4. The summed E-state index contributed by atoms with van der Waals surface area (Å²) in [6.45, 7) is 0. The first-order valence-corrected chi connectivity index (χ1v) is 7.70. The quantitative estimate of drug-likeness (QED) is 0.874. The van der Waals surface area contributed by atoms with Crippen molar-refractivity contribution in [3.05, 3.63) is 35.9 Å². The second-order valence-electron chi connectivity index (χ2n) is 6.33. The van der Waals surface area contributed by atoms with E-state index in [2.05, 4.69) is 17.4 Å². The van der Waals surface area contributed by atoms with Crippen LogP contribution in [0.3, 0.4) is 0 Å².